The summed E-state index contributed by atoms with van der Waals surface area (Å²) >= 11 is 3.39. The van der Waals surface area contributed by atoms with Crippen LogP contribution in [0.1, 0.15) is 6.42 Å². The van der Waals surface area contributed by atoms with Gasteiger partial charge in [-0.1, -0.05) is 15.9 Å². The molecule has 5 heteroatoms. The summed E-state index contributed by atoms with van der Waals surface area (Å²) in [6.45, 7) is 6.40. The van der Waals surface area contributed by atoms with Crippen molar-refractivity contribution >= 4 is 21.8 Å². The highest BCUT2D eigenvalue weighted by Crippen LogP contribution is 2.17. The minimum absolute atomic E-state index is 0.0576. The number of hydrogen-bond acceptors (Lipinski definition) is 3. The van der Waals surface area contributed by atoms with Crippen LogP contribution >= 0.6 is 15.9 Å². The Balaban J connectivity index is 1.71. The number of alkyl halides is 1. The SMILES string of the molecule is O=C1C(Br)CCN1CCN1CCOCC1. The van der Waals surface area contributed by atoms with E-state index in [4.69, 9.17) is 4.74 Å². The molecule has 0 aromatic rings. The molecule has 2 rings (SSSR count). The molecule has 2 aliphatic heterocycles. The monoisotopic (exact) mass is 276 g/mol. The fourth-order valence-electron chi connectivity index (χ4n) is 2.01. The zero-order valence-electron chi connectivity index (χ0n) is 8.82. The lowest BCUT2D eigenvalue weighted by atomic mass is 10.4. The van der Waals surface area contributed by atoms with Gasteiger partial charge in [-0.15, -0.1) is 0 Å². The number of carbonyl (C=O) groups excluding carboxylic acids is 1. The Morgan fingerprint density at radius 2 is 2.00 bits per heavy atom. The van der Waals surface area contributed by atoms with Gasteiger partial charge in [0.1, 0.15) is 0 Å². The molecule has 0 saturated carbocycles. The number of nitrogens with zero attached hydrogens (tertiary/aromatic N) is 2. The van der Waals surface area contributed by atoms with Gasteiger partial charge in [-0.25, -0.2) is 0 Å². The fourth-order valence-corrected chi connectivity index (χ4v) is 2.50. The van der Waals surface area contributed by atoms with E-state index in [-0.39, 0.29) is 10.7 Å². The van der Waals surface area contributed by atoms with Gasteiger partial charge in [-0.05, 0) is 6.42 Å². The maximum absolute atomic E-state index is 11.6. The Morgan fingerprint density at radius 3 is 2.60 bits per heavy atom. The topological polar surface area (TPSA) is 32.8 Å². The quantitative estimate of drug-likeness (QED) is 0.696. The van der Waals surface area contributed by atoms with Gasteiger partial charge in [-0.3, -0.25) is 9.69 Å². The maximum atomic E-state index is 11.6. The molecule has 0 spiro atoms. The fraction of sp³-hybridized carbons (Fsp3) is 0.900. The summed E-state index contributed by atoms with van der Waals surface area (Å²) in [5.41, 5.74) is 0. The van der Waals surface area contributed by atoms with Crippen LogP contribution in [0.25, 0.3) is 0 Å². The molecular weight excluding hydrogens is 260 g/mol. The van der Waals surface area contributed by atoms with Crippen molar-refractivity contribution in [3.05, 3.63) is 0 Å². The van der Waals surface area contributed by atoms with E-state index >= 15 is 0 Å². The molecule has 15 heavy (non-hydrogen) atoms. The molecule has 0 radical (unpaired) electrons. The van der Waals surface area contributed by atoms with Gasteiger partial charge in [-0.2, -0.15) is 0 Å². The Kier molecular flexibility index (Phi) is 3.99. The maximum Gasteiger partial charge on any atom is 0.236 e. The first-order chi connectivity index (χ1) is 7.27. The molecule has 2 aliphatic rings. The van der Waals surface area contributed by atoms with Crippen LogP contribution in [0.3, 0.4) is 0 Å². The van der Waals surface area contributed by atoms with Crippen molar-refractivity contribution in [3.63, 3.8) is 0 Å². The number of likely N-dealkylation sites (tertiary alicyclic amines) is 1. The van der Waals surface area contributed by atoms with Gasteiger partial charge < -0.3 is 9.64 Å². The summed E-state index contributed by atoms with van der Waals surface area (Å²) in [6.07, 6.45) is 0.946. The summed E-state index contributed by atoms with van der Waals surface area (Å²) < 4.78 is 5.28. The molecule has 2 saturated heterocycles. The first-order valence-corrected chi connectivity index (χ1v) is 6.42. The minimum Gasteiger partial charge on any atom is -0.379 e. The van der Waals surface area contributed by atoms with Crippen molar-refractivity contribution in [2.45, 2.75) is 11.2 Å². The summed E-state index contributed by atoms with van der Waals surface area (Å²) in [4.78, 5) is 16.0. The molecule has 0 aromatic heterocycles. The predicted octanol–water partition coefficient (Wildman–Crippen LogP) is 0.314. The van der Waals surface area contributed by atoms with Crippen LogP contribution in [-0.2, 0) is 9.53 Å². The lowest BCUT2D eigenvalue weighted by Crippen LogP contribution is -2.42. The second-order valence-electron chi connectivity index (χ2n) is 4.04. The third-order valence-electron chi connectivity index (χ3n) is 3.02. The van der Waals surface area contributed by atoms with Crippen LogP contribution in [0, 0.1) is 0 Å². The van der Waals surface area contributed by atoms with Crippen LogP contribution in [0.2, 0.25) is 0 Å². The Hall–Kier alpha value is -0.130. The Morgan fingerprint density at radius 1 is 1.27 bits per heavy atom. The average Bonchev–Trinajstić information content (AvgIpc) is 2.59. The molecule has 1 unspecified atom stereocenters. The number of hydrogen-bond donors (Lipinski definition) is 0. The highest BCUT2D eigenvalue weighted by Gasteiger charge is 2.29. The number of halogens is 1. The van der Waals surface area contributed by atoms with E-state index in [1.54, 1.807) is 0 Å². The minimum atomic E-state index is 0.0576. The molecule has 0 aliphatic carbocycles. The molecule has 1 amide bonds. The lowest BCUT2D eigenvalue weighted by Gasteiger charge is -2.28. The van der Waals surface area contributed by atoms with Gasteiger partial charge in [0, 0.05) is 32.7 Å². The third-order valence-corrected chi connectivity index (χ3v) is 3.87. The molecule has 1 atom stereocenters. The number of morpholine rings is 1. The summed E-state index contributed by atoms with van der Waals surface area (Å²) in [5, 5.41) is 0. The molecule has 0 aromatic carbocycles. The molecular formula is C10H17BrN2O2. The lowest BCUT2D eigenvalue weighted by molar-refractivity contribution is -0.127. The van der Waals surface area contributed by atoms with E-state index in [1.807, 2.05) is 4.90 Å². The first-order valence-electron chi connectivity index (χ1n) is 5.50. The van der Waals surface area contributed by atoms with Gasteiger partial charge in [0.15, 0.2) is 0 Å². The summed E-state index contributed by atoms with van der Waals surface area (Å²) in [6, 6.07) is 0. The molecule has 0 bridgehead atoms. The van der Waals surface area contributed by atoms with Crippen molar-refractivity contribution in [2.75, 3.05) is 45.9 Å². The van der Waals surface area contributed by atoms with E-state index < -0.39 is 0 Å². The molecule has 2 fully saturated rings. The van der Waals surface area contributed by atoms with E-state index in [0.29, 0.717) is 0 Å². The van der Waals surface area contributed by atoms with Gasteiger partial charge in [0.05, 0.1) is 18.0 Å². The zero-order chi connectivity index (χ0) is 10.7. The number of rotatable bonds is 3. The Labute approximate surface area is 98.7 Å². The van der Waals surface area contributed by atoms with Crippen LogP contribution in [0.15, 0.2) is 0 Å². The standard InChI is InChI=1S/C10H17BrN2O2/c11-9-1-2-13(10(9)14)4-3-12-5-7-15-8-6-12/h9H,1-8H2. The molecule has 2 heterocycles. The van der Waals surface area contributed by atoms with Gasteiger partial charge in [0.2, 0.25) is 5.91 Å². The third kappa shape index (κ3) is 2.92. The zero-order valence-corrected chi connectivity index (χ0v) is 10.4. The normalized spacial score (nSPS) is 28.7. The van der Waals surface area contributed by atoms with Crippen LogP contribution in [0.5, 0.6) is 0 Å². The number of ether oxygens (including phenoxy) is 1. The van der Waals surface area contributed by atoms with Crippen molar-refractivity contribution in [3.8, 4) is 0 Å². The summed E-state index contributed by atoms with van der Waals surface area (Å²) in [7, 11) is 0. The second kappa shape index (κ2) is 5.27. The van der Waals surface area contributed by atoms with E-state index in [9.17, 15) is 4.79 Å². The highest BCUT2D eigenvalue weighted by atomic mass is 79.9. The number of carbonyl (C=O) groups is 1. The predicted molar refractivity (Wildman–Crippen MR) is 61.2 cm³/mol. The Bertz CT molecular complexity index is 231. The average molecular weight is 277 g/mol. The molecule has 0 N–H and O–H groups in total. The molecule has 86 valence electrons. The van der Waals surface area contributed by atoms with E-state index in [1.165, 1.54) is 0 Å². The highest BCUT2D eigenvalue weighted by molar-refractivity contribution is 9.10. The van der Waals surface area contributed by atoms with Crippen LogP contribution < -0.4 is 0 Å². The van der Waals surface area contributed by atoms with Crippen molar-refractivity contribution in [1.29, 1.82) is 0 Å². The largest absolute Gasteiger partial charge is 0.379 e. The van der Waals surface area contributed by atoms with Gasteiger partial charge >= 0.3 is 0 Å². The number of amides is 1. The van der Waals surface area contributed by atoms with E-state index in [2.05, 4.69) is 20.8 Å². The van der Waals surface area contributed by atoms with E-state index in [0.717, 1.165) is 52.4 Å². The second-order valence-corrected chi connectivity index (χ2v) is 5.14. The first kappa shape index (κ1) is 11.4. The van der Waals surface area contributed by atoms with Crippen molar-refractivity contribution in [2.24, 2.45) is 0 Å². The van der Waals surface area contributed by atoms with Gasteiger partial charge in [0.25, 0.3) is 0 Å². The smallest absolute Gasteiger partial charge is 0.236 e. The van der Waals surface area contributed by atoms with Crippen LogP contribution in [0.4, 0.5) is 0 Å². The van der Waals surface area contributed by atoms with Crippen molar-refractivity contribution in [1.82, 2.24) is 9.80 Å². The van der Waals surface area contributed by atoms with Crippen molar-refractivity contribution < 1.29 is 9.53 Å². The molecule has 4 nitrogen and oxygen atoms in total. The van der Waals surface area contributed by atoms with Crippen LogP contribution in [-0.4, -0.2) is 66.5 Å². The summed E-state index contributed by atoms with van der Waals surface area (Å²) in [5.74, 6) is 0.253.